The lowest BCUT2D eigenvalue weighted by molar-refractivity contribution is -0.671. The van der Waals surface area contributed by atoms with E-state index in [-0.39, 0.29) is 7.92 Å². The molecule has 140 valence electrons. The van der Waals surface area contributed by atoms with Crippen LogP contribution in [-0.4, -0.2) is 15.9 Å². The molecule has 0 amide bonds. The third-order valence-electron chi connectivity index (χ3n) is 6.38. The van der Waals surface area contributed by atoms with Gasteiger partial charge in [-0.25, -0.2) is 9.13 Å². The molecule has 2 fully saturated rings. The molecule has 0 spiro atoms. The summed E-state index contributed by atoms with van der Waals surface area (Å²) in [5.74, 6) is 0. The SMILES string of the molecule is C[n+]1ccn(Cc2ccccc2P(C2CCCCC2)C2CCCCC2)c1. The monoisotopic (exact) mass is 369 g/mol. The average molecular weight is 370 g/mol. The molecule has 2 nitrogen and oxygen atoms in total. The normalized spacial score (nSPS) is 19.9. The Labute approximate surface area is 160 Å². The van der Waals surface area contributed by atoms with Gasteiger partial charge in [0.1, 0.15) is 18.9 Å². The van der Waals surface area contributed by atoms with Gasteiger partial charge in [0, 0.05) is 5.56 Å². The molecule has 4 rings (SSSR count). The highest BCUT2D eigenvalue weighted by atomic mass is 31.1. The number of aromatic nitrogens is 2. The van der Waals surface area contributed by atoms with Gasteiger partial charge in [0.25, 0.3) is 0 Å². The first-order chi connectivity index (χ1) is 12.8. The molecule has 0 atom stereocenters. The van der Waals surface area contributed by atoms with E-state index in [1.807, 2.05) is 0 Å². The fourth-order valence-corrected chi connectivity index (χ4v) is 9.06. The summed E-state index contributed by atoms with van der Waals surface area (Å²) >= 11 is 0. The summed E-state index contributed by atoms with van der Waals surface area (Å²) in [6.07, 6.45) is 21.3. The number of nitrogens with zero attached hydrogens (tertiary/aromatic N) is 2. The molecule has 1 heterocycles. The number of hydrogen-bond donors (Lipinski definition) is 0. The van der Waals surface area contributed by atoms with E-state index in [1.165, 1.54) is 64.2 Å². The first-order valence-corrected chi connectivity index (χ1v) is 12.2. The van der Waals surface area contributed by atoms with Gasteiger partial charge in [0.2, 0.25) is 6.33 Å². The van der Waals surface area contributed by atoms with Gasteiger partial charge in [-0.05, 0) is 42.3 Å². The molecule has 3 heteroatoms. The van der Waals surface area contributed by atoms with Crippen LogP contribution >= 0.6 is 7.92 Å². The van der Waals surface area contributed by atoms with Crippen molar-refractivity contribution in [2.45, 2.75) is 82.1 Å². The minimum absolute atomic E-state index is 0.0224. The van der Waals surface area contributed by atoms with Crippen molar-refractivity contribution >= 4 is 13.2 Å². The summed E-state index contributed by atoms with van der Waals surface area (Å²) in [5.41, 5.74) is 3.53. The lowest BCUT2D eigenvalue weighted by Crippen LogP contribution is -2.28. The average Bonchev–Trinajstić information content (AvgIpc) is 3.10. The maximum absolute atomic E-state index is 2.49. The molecular formula is C23H34N2P+. The molecular weight excluding hydrogens is 335 g/mol. The third kappa shape index (κ3) is 4.22. The standard InChI is InChI=1S/C23H34N2P/c1-24-16-17-25(19-24)18-20-10-8-9-15-23(20)26(21-11-4-2-5-12-21)22-13-6-3-7-14-22/h8-10,15-17,19,21-22H,2-7,11-14,18H2,1H3/q+1. The van der Waals surface area contributed by atoms with Gasteiger partial charge >= 0.3 is 0 Å². The highest BCUT2D eigenvalue weighted by Crippen LogP contribution is 2.55. The van der Waals surface area contributed by atoms with Gasteiger partial charge in [0.05, 0.1) is 7.05 Å². The molecule has 0 bridgehead atoms. The summed E-state index contributed by atoms with van der Waals surface area (Å²) in [7, 11) is 2.09. The fourth-order valence-electron chi connectivity index (χ4n) is 5.10. The Hall–Kier alpha value is -1.14. The van der Waals surface area contributed by atoms with Gasteiger partial charge < -0.3 is 0 Å². The van der Waals surface area contributed by atoms with Crippen LogP contribution in [0.2, 0.25) is 0 Å². The summed E-state index contributed by atoms with van der Waals surface area (Å²) in [5, 5.41) is 1.73. The van der Waals surface area contributed by atoms with Crippen LogP contribution in [0, 0.1) is 0 Å². The second-order valence-corrected chi connectivity index (χ2v) is 11.1. The molecule has 26 heavy (non-hydrogen) atoms. The summed E-state index contributed by atoms with van der Waals surface area (Å²) in [4.78, 5) is 0. The van der Waals surface area contributed by atoms with E-state index in [0.29, 0.717) is 0 Å². The number of hydrogen-bond acceptors (Lipinski definition) is 0. The first-order valence-electron chi connectivity index (χ1n) is 10.7. The van der Waals surface area contributed by atoms with Crippen LogP contribution in [0.15, 0.2) is 43.0 Å². The number of imidazole rings is 1. The highest BCUT2D eigenvalue weighted by Gasteiger charge is 2.33. The second kappa shape index (κ2) is 8.70. The van der Waals surface area contributed by atoms with Gasteiger partial charge in [-0.1, -0.05) is 70.7 Å². The largest absolute Gasteiger partial charge is 0.243 e. The van der Waals surface area contributed by atoms with Gasteiger partial charge in [-0.3, -0.25) is 0 Å². The summed E-state index contributed by atoms with van der Waals surface area (Å²) < 4.78 is 4.49. The Bertz CT molecular complexity index is 678. The van der Waals surface area contributed by atoms with Crippen molar-refractivity contribution < 1.29 is 4.57 Å². The van der Waals surface area contributed by atoms with Crippen LogP contribution in [0.25, 0.3) is 0 Å². The number of rotatable bonds is 5. The molecule has 0 saturated heterocycles. The van der Waals surface area contributed by atoms with E-state index in [9.17, 15) is 0 Å². The molecule has 2 saturated carbocycles. The van der Waals surface area contributed by atoms with E-state index in [2.05, 4.69) is 59.2 Å². The zero-order valence-corrected chi connectivity index (χ0v) is 17.2. The lowest BCUT2D eigenvalue weighted by atomic mass is 9.99. The van der Waals surface area contributed by atoms with Crippen LogP contribution in [-0.2, 0) is 13.6 Å². The molecule has 0 N–H and O–H groups in total. The fraction of sp³-hybridized carbons (Fsp3) is 0.609. The van der Waals surface area contributed by atoms with Crippen molar-refractivity contribution in [2.24, 2.45) is 7.05 Å². The van der Waals surface area contributed by atoms with Crippen molar-refractivity contribution in [1.29, 1.82) is 0 Å². The molecule has 0 aliphatic heterocycles. The van der Waals surface area contributed by atoms with Gasteiger partial charge in [-0.15, -0.1) is 0 Å². The van der Waals surface area contributed by atoms with Crippen LogP contribution < -0.4 is 9.87 Å². The van der Waals surface area contributed by atoms with E-state index in [0.717, 1.165) is 17.9 Å². The second-order valence-electron chi connectivity index (χ2n) is 8.37. The van der Waals surface area contributed by atoms with E-state index >= 15 is 0 Å². The zero-order valence-electron chi connectivity index (χ0n) is 16.3. The minimum atomic E-state index is -0.0224. The third-order valence-corrected chi connectivity index (χ3v) is 9.98. The Morgan fingerprint density at radius 3 is 2.12 bits per heavy atom. The number of benzene rings is 1. The van der Waals surface area contributed by atoms with Crippen molar-refractivity contribution in [1.82, 2.24) is 4.57 Å². The Morgan fingerprint density at radius 1 is 0.923 bits per heavy atom. The van der Waals surface area contributed by atoms with E-state index in [4.69, 9.17) is 0 Å². The zero-order chi connectivity index (χ0) is 17.8. The van der Waals surface area contributed by atoms with Crippen molar-refractivity contribution in [2.75, 3.05) is 0 Å². The van der Waals surface area contributed by atoms with E-state index < -0.39 is 0 Å². The van der Waals surface area contributed by atoms with Crippen molar-refractivity contribution in [3.05, 3.63) is 48.5 Å². The van der Waals surface area contributed by atoms with Crippen molar-refractivity contribution in [3.63, 3.8) is 0 Å². The summed E-state index contributed by atoms with van der Waals surface area (Å²) in [6, 6.07) is 9.44. The van der Waals surface area contributed by atoms with Gasteiger partial charge in [-0.2, -0.15) is 0 Å². The maximum atomic E-state index is 2.49. The van der Waals surface area contributed by atoms with Gasteiger partial charge in [0.15, 0.2) is 0 Å². The van der Waals surface area contributed by atoms with Crippen LogP contribution in [0.3, 0.4) is 0 Å². The first kappa shape index (κ1) is 18.2. The smallest absolute Gasteiger partial charge is 0.240 e. The van der Waals surface area contributed by atoms with Crippen molar-refractivity contribution in [3.8, 4) is 0 Å². The Kier molecular flexibility index (Phi) is 6.10. The molecule has 1 aromatic carbocycles. The van der Waals surface area contributed by atoms with Crippen LogP contribution in [0.5, 0.6) is 0 Å². The predicted octanol–water partition coefficient (Wildman–Crippen LogP) is 5.13. The highest BCUT2D eigenvalue weighted by molar-refractivity contribution is 7.67. The Morgan fingerprint density at radius 2 is 1.54 bits per heavy atom. The lowest BCUT2D eigenvalue weighted by Gasteiger charge is -2.39. The van der Waals surface area contributed by atoms with Crippen LogP contribution in [0.1, 0.15) is 69.8 Å². The van der Waals surface area contributed by atoms with E-state index in [1.54, 1.807) is 10.9 Å². The molecule has 0 unspecified atom stereocenters. The minimum Gasteiger partial charge on any atom is -0.240 e. The quantitative estimate of drug-likeness (QED) is 0.510. The Balaban J connectivity index is 1.65. The van der Waals surface area contributed by atoms with Crippen LogP contribution in [0.4, 0.5) is 0 Å². The molecule has 2 aromatic rings. The predicted molar refractivity (Wildman–Crippen MR) is 111 cm³/mol. The molecule has 2 aliphatic carbocycles. The summed E-state index contributed by atoms with van der Waals surface area (Å²) in [6.45, 7) is 1.02. The molecule has 2 aliphatic rings. The molecule has 0 radical (unpaired) electrons. The number of aryl methyl sites for hydroxylation is 1. The molecule has 1 aromatic heterocycles. The topological polar surface area (TPSA) is 8.81 Å². The maximum Gasteiger partial charge on any atom is 0.243 e.